The smallest absolute Gasteiger partial charge is 0.481 e. The van der Waals surface area contributed by atoms with Gasteiger partial charge in [0.15, 0.2) is 0 Å². The Morgan fingerprint density at radius 2 is 0.852 bits per heavy atom. The standard InChI is InChI=1S/2C6H10O3.C4H6O3.2Al/c2*1-2-3-5(7)4-6(8)9;1-3(5)2-4(6)7;;/h2*2-4H2,1H3,(H,8,9);2H2,1H3,(H,6,7);;/q;;;2*+3. The van der Waals surface area contributed by atoms with Gasteiger partial charge in [-0.25, -0.2) is 0 Å². The Morgan fingerprint density at radius 1 is 0.593 bits per heavy atom. The zero-order valence-electron chi connectivity index (χ0n) is 15.9. The number of carbonyl (C=O) groups excluding carboxylic acids is 3. The van der Waals surface area contributed by atoms with Gasteiger partial charge >= 0.3 is 52.6 Å². The van der Waals surface area contributed by atoms with Crippen LogP contribution >= 0.6 is 0 Å². The number of carboxylic acids is 3. The van der Waals surface area contributed by atoms with E-state index in [4.69, 9.17) is 15.3 Å². The van der Waals surface area contributed by atoms with Crippen LogP contribution in [0.25, 0.3) is 0 Å². The minimum atomic E-state index is -1.06. The average Bonchev–Trinajstić information content (AvgIpc) is 2.36. The fraction of sp³-hybridized carbons (Fsp3) is 0.625. The predicted molar refractivity (Wildman–Crippen MR) is 98.8 cm³/mol. The third-order valence-corrected chi connectivity index (χ3v) is 2.15. The molecule has 3 N–H and O–H groups in total. The van der Waals surface area contributed by atoms with E-state index in [-0.39, 0.29) is 71.3 Å². The van der Waals surface area contributed by atoms with Crippen molar-refractivity contribution >= 4 is 70.0 Å². The van der Waals surface area contributed by atoms with E-state index in [0.29, 0.717) is 12.8 Å². The topological polar surface area (TPSA) is 163 Å². The van der Waals surface area contributed by atoms with Crippen LogP contribution in [0.4, 0.5) is 0 Å². The molecule has 0 saturated heterocycles. The monoisotopic (exact) mass is 416 g/mol. The second kappa shape index (κ2) is 24.5. The Bertz CT molecular complexity index is 435. The van der Waals surface area contributed by atoms with E-state index in [1.54, 1.807) is 0 Å². The first-order valence-electron chi connectivity index (χ1n) is 7.64. The van der Waals surface area contributed by atoms with Crippen molar-refractivity contribution < 1.29 is 44.1 Å². The quantitative estimate of drug-likeness (QED) is 0.347. The Labute approximate surface area is 179 Å². The largest absolute Gasteiger partial charge is 3.00 e. The summed E-state index contributed by atoms with van der Waals surface area (Å²) in [5.41, 5.74) is 0. The summed E-state index contributed by atoms with van der Waals surface area (Å²) in [6.45, 7) is 4.94. The second-order valence-corrected chi connectivity index (χ2v) is 4.99. The van der Waals surface area contributed by atoms with Crippen molar-refractivity contribution in [3.63, 3.8) is 0 Å². The van der Waals surface area contributed by atoms with Gasteiger partial charge in [-0.3, -0.25) is 28.8 Å². The van der Waals surface area contributed by atoms with Crippen molar-refractivity contribution in [2.45, 2.75) is 65.7 Å². The van der Waals surface area contributed by atoms with E-state index in [1.165, 1.54) is 6.92 Å². The molecule has 0 spiro atoms. The first-order chi connectivity index (χ1) is 11.5. The maximum Gasteiger partial charge on any atom is 3.00 e. The normalized spacial score (nSPS) is 8.11. The summed E-state index contributed by atoms with van der Waals surface area (Å²) in [7, 11) is 0. The molecular weight excluding hydrogens is 390 g/mol. The average molecular weight is 416 g/mol. The van der Waals surface area contributed by atoms with Gasteiger partial charge in [-0.1, -0.05) is 13.8 Å². The summed E-state index contributed by atoms with van der Waals surface area (Å²) >= 11 is 0. The van der Waals surface area contributed by atoms with Gasteiger partial charge in [0, 0.05) is 12.8 Å². The van der Waals surface area contributed by atoms with E-state index in [2.05, 4.69) is 0 Å². The van der Waals surface area contributed by atoms with Crippen molar-refractivity contribution in [1.29, 1.82) is 0 Å². The molecule has 0 radical (unpaired) electrons. The van der Waals surface area contributed by atoms with Gasteiger partial charge in [0.25, 0.3) is 0 Å². The Morgan fingerprint density at radius 3 is 0.963 bits per heavy atom. The molecule has 27 heavy (non-hydrogen) atoms. The summed E-state index contributed by atoms with van der Waals surface area (Å²) in [6.07, 6.45) is 1.21. The van der Waals surface area contributed by atoms with Crippen LogP contribution in [0.2, 0.25) is 0 Å². The molecule has 0 heterocycles. The molecule has 0 amide bonds. The molecule has 144 valence electrons. The number of rotatable bonds is 10. The number of Topliss-reactive ketones (excluding diaryl/α,β-unsaturated/α-hetero) is 3. The van der Waals surface area contributed by atoms with E-state index < -0.39 is 17.9 Å². The van der Waals surface area contributed by atoms with E-state index >= 15 is 0 Å². The predicted octanol–water partition coefficient (Wildman–Crippen LogP) is 0.949. The Hall–Kier alpha value is -1.52. The summed E-state index contributed by atoms with van der Waals surface area (Å²) in [6, 6.07) is 0. The Kier molecular flexibility index (Phi) is 33.0. The first-order valence-corrected chi connectivity index (χ1v) is 7.64. The number of carbonyl (C=O) groups is 6. The van der Waals surface area contributed by atoms with Crippen molar-refractivity contribution in [2.24, 2.45) is 0 Å². The number of hydrogen-bond donors (Lipinski definition) is 3. The summed E-state index contributed by atoms with van der Waals surface area (Å²) < 4.78 is 0. The first kappa shape index (κ1) is 36.4. The van der Waals surface area contributed by atoms with Crippen LogP contribution < -0.4 is 0 Å². The van der Waals surface area contributed by atoms with Gasteiger partial charge in [-0.2, -0.15) is 0 Å². The van der Waals surface area contributed by atoms with Gasteiger partial charge in [0.2, 0.25) is 0 Å². The molecule has 11 heteroatoms. The second-order valence-electron chi connectivity index (χ2n) is 4.99. The minimum absolute atomic E-state index is 0. The summed E-state index contributed by atoms with van der Waals surface area (Å²) in [4.78, 5) is 60.1. The van der Waals surface area contributed by atoms with Crippen LogP contribution in [-0.2, 0) is 28.8 Å². The van der Waals surface area contributed by atoms with Crippen LogP contribution in [0, 0.1) is 0 Å². The van der Waals surface area contributed by atoms with E-state index in [9.17, 15) is 28.8 Å². The van der Waals surface area contributed by atoms with Crippen LogP contribution in [0.1, 0.15) is 65.7 Å². The van der Waals surface area contributed by atoms with Crippen LogP contribution in [0.5, 0.6) is 0 Å². The molecule has 9 nitrogen and oxygen atoms in total. The van der Waals surface area contributed by atoms with Crippen molar-refractivity contribution in [1.82, 2.24) is 0 Å². The molecule has 0 rings (SSSR count). The molecule has 0 atom stereocenters. The number of ketones is 3. The molecule has 0 bridgehead atoms. The number of aliphatic carboxylic acids is 3. The summed E-state index contributed by atoms with van der Waals surface area (Å²) in [5.74, 6) is -3.82. The molecule has 0 aromatic heterocycles. The molecule has 0 fully saturated rings. The van der Waals surface area contributed by atoms with Gasteiger partial charge in [-0.05, 0) is 19.8 Å². The van der Waals surface area contributed by atoms with Crippen molar-refractivity contribution in [3.8, 4) is 0 Å². The summed E-state index contributed by atoms with van der Waals surface area (Å²) in [5, 5.41) is 24.0. The van der Waals surface area contributed by atoms with E-state index in [1.807, 2.05) is 13.8 Å². The molecule has 0 aromatic carbocycles. The van der Waals surface area contributed by atoms with E-state index in [0.717, 1.165) is 12.8 Å². The zero-order chi connectivity index (χ0) is 20.4. The minimum Gasteiger partial charge on any atom is -0.481 e. The van der Waals surface area contributed by atoms with Gasteiger partial charge in [0.1, 0.15) is 36.6 Å². The fourth-order valence-electron chi connectivity index (χ4n) is 1.28. The number of hydrogen-bond acceptors (Lipinski definition) is 6. The van der Waals surface area contributed by atoms with Crippen LogP contribution in [0.3, 0.4) is 0 Å². The fourth-order valence-corrected chi connectivity index (χ4v) is 1.28. The van der Waals surface area contributed by atoms with Crippen LogP contribution in [0.15, 0.2) is 0 Å². The van der Waals surface area contributed by atoms with Gasteiger partial charge in [0.05, 0.1) is 0 Å². The molecule has 0 aromatic rings. The zero-order valence-corrected chi connectivity index (χ0v) is 18.2. The Balaban J connectivity index is -0.0000000872. The van der Waals surface area contributed by atoms with Crippen molar-refractivity contribution in [2.75, 3.05) is 0 Å². The van der Waals surface area contributed by atoms with Gasteiger partial charge in [-0.15, -0.1) is 0 Å². The molecule has 0 aliphatic carbocycles. The maximum absolute atomic E-state index is 10.5. The third-order valence-electron chi connectivity index (χ3n) is 2.15. The van der Waals surface area contributed by atoms with Crippen LogP contribution in [-0.4, -0.2) is 85.3 Å². The maximum atomic E-state index is 10.5. The van der Waals surface area contributed by atoms with Gasteiger partial charge < -0.3 is 15.3 Å². The molecule has 0 saturated carbocycles. The third kappa shape index (κ3) is 45.6. The molecular formula is C16H26Al2O9+6. The molecule has 0 aliphatic heterocycles. The van der Waals surface area contributed by atoms with Crippen molar-refractivity contribution in [3.05, 3.63) is 0 Å². The molecule has 0 unspecified atom stereocenters. The molecule has 0 aliphatic rings. The SMILES string of the molecule is CC(=O)CC(=O)O.CCCC(=O)CC(=O)O.CCCC(=O)CC(=O)O.[Al+3].[Al+3]. The number of carboxylic acid groups (broad SMARTS) is 3.